The molecule has 0 bridgehead atoms. The van der Waals surface area contributed by atoms with Crippen molar-refractivity contribution in [3.63, 3.8) is 0 Å². The quantitative estimate of drug-likeness (QED) is 0.795. The highest BCUT2D eigenvalue weighted by Gasteiger charge is 2.06. The van der Waals surface area contributed by atoms with Gasteiger partial charge in [0.15, 0.2) is 0 Å². The lowest BCUT2D eigenvalue weighted by molar-refractivity contribution is 0.193. The maximum Gasteiger partial charge on any atom is 0.119 e. The van der Waals surface area contributed by atoms with E-state index in [2.05, 4.69) is 32.9 Å². The van der Waals surface area contributed by atoms with E-state index in [1.54, 1.807) is 0 Å². The average Bonchev–Trinajstić information content (AvgIpc) is 2.35. The van der Waals surface area contributed by atoms with Gasteiger partial charge in [0.05, 0.1) is 6.10 Å². The van der Waals surface area contributed by atoms with Crippen LogP contribution in [0.25, 0.3) is 0 Å². The fourth-order valence-corrected chi connectivity index (χ4v) is 1.68. The van der Waals surface area contributed by atoms with E-state index in [1.807, 2.05) is 12.1 Å². The van der Waals surface area contributed by atoms with Gasteiger partial charge in [-0.1, -0.05) is 32.9 Å². The molecule has 0 heterocycles. The summed E-state index contributed by atoms with van der Waals surface area (Å²) in [6.07, 6.45) is 3.39. The van der Waals surface area contributed by atoms with E-state index < -0.39 is 0 Å². The minimum absolute atomic E-state index is 0.141. The highest BCUT2D eigenvalue weighted by atomic mass is 16.5. The molecule has 0 aliphatic heterocycles. The first kappa shape index (κ1) is 13.0. The minimum Gasteiger partial charge on any atom is -0.490 e. The lowest BCUT2D eigenvalue weighted by atomic mass is 10.1. The average molecular weight is 221 g/mol. The summed E-state index contributed by atoms with van der Waals surface area (Å²) in [4.78, 5) is 0. The van der Waals surface area contributed by atoms with Gasteiger partial charge in [0.1, 0.15) is 5.75 Å². The van der Waals surface area contributed by atoms with Gasteiger partial charge in [-0.2, -0.15) is 0 Å². The Labute approximate surface area is 98.8 Å². The van der Waals surface area contributed by atoms with Crippen LogP contribution in [0, 0.1) is 0 Å². The van der Waals surface area contributed by atoms with Crippen molar-refractivity contribution in [2.75, 3.05) is 0 Å². The monoisotopic (exact) mass is 221 g/mol. The molecule has 2 N–H and O–H groups in total. The maximum absolute atomic E-state index is 5.96. The van der Waals surface area contributed by atoms with Crippen LogP contribution in [0.1, 0.15) is 51.6 Å². The van der Waals surface area contributed by atoms with Gasteiger partial charge in [-0.3, -0.25) is 0 Å². The molecule has 0 radical (unpaired) electrons. The second kappa shape index (κ2) is 6.54. The van der Waals surface area contributed by atoms with Crippen LogP contribution >= 0.6 is 0 Å². The number of ether oxygens (including phenoxy) is 1. The number of nitrogens with two attached hydrogens (primary N) is 1. The van der Waals surface area contributed by atoms with Crippen LogP contribution in [0.2, 0.25) is 0 Å². The minimum atomic E-state index is 0.141. The smallest absolute Gasteiger partial charge is 0.119 e. The van der Waals surface area contributed by atoms with Gasteiger partial charge in [0.2, 0.25) is 0 Å². The molecule has 0 spiro atoms. The topological polar surface area (TPSA) is 35.2 Å². The summed E-state index contributed by atoms with van der Waals surface area (Å²) >= 11 is 0. The molecule has 1 aromatic rings. The molecular weight excluding hydrogens is 198 g/mol. The van der Waals surface area contributed by atoms with E-state index >= 15 is 0 Å². The Bertz CT molecular complexity index is 290. The molecule has 2 nitrogen and oxygen atoms in total. The largest absolute Gasteiger partial charge is 0.490 e. The van der Waals surface area contributed by atoms with Crippen LogP contribution in [0.4, 0.5) is 0 Å². The van der Waals surface area contributed by atoms with Gasteiger partial charge in [0.25, 0.3) is 0 Å². The molecule has 1 atom stereocenters. The zero-order chi connectivity index (χ0) is 12.0. The molecule has 2 heteroatoms. The summed E-state index contributed by atoms with van der Waals surface area (Å²) in [6.45, 7) is 6.39. The van der Waals surface area contributed by atoms with E-state index in [4.69, 9.17) is 10.5 Å². The van der Waals surface area contributed by atoms with Gasteiger partial charge in [0, 0.05) is 6.04 Å². The zero-order valence-corrected chi connectivity index (χ0v) is 10.6. The van der Waals surface area contributed by atoms with Gasteiger partial charge in [-0.25, -0.2) is 0 Å². The van der Waals surface area contributed by atoms with Crippen molar-refractivity contribution in [1.82, 2.24) is 0 Å². The van der Waals surface area contributed by atoms with Crippen molar-refractivity contribution >= 4 is 0 Å². The van der Waals surface area contributed by atoms with Gasteiger partial charge < -0.3 is 10.5 Å². The predicted molar refractivity (Wildman–Crippen MR) is 68.7 cm³/mol. The summed E-state index contributed by atoms with van der Waals surface area (Å²) in [5.41, 5.74) is 7.14. The molecule has 0 fully saturated rings. The first-order chi connectivity index (χ1) is 7.71. The summed E-state index contributed by atoms with van der Waals surface area (Å²) in [5.74, 6) is 0.945. The van der Waals surface area contributed by atoms with Crippen LogP contribution in [-0.4, -0.2) is 6.10 Å². The molecule has 0 aliphatic carbocycles. The van der Waals surface area contributed by atoms with Crippen molar-refractivity contribution in [3.05, 3.63) is 29.8 Å². The second-order valence-electron chi connectivity index (χ2n) is 4.14. The Balaban J connectivity index is 2.64. The van der Waals surface area contributed by atoms with E-state index in [0.717, 1.165) is 25.0 Å². The molecule has 1 aromatic carbocycles. The summed E-state index contributed by atoms with van der Waals surface area (Å²) in [7, 11) is 0. The Morgan fingerprint density at radius 1 is 1.00 bits per heavy atom. The number of rotatable bonds is 6. The Morgan fingerprint density at radius 3 is 2.00 bits per heavy atom. The Kier molecular flexibility index (Phi) is 5.33. The van der Waals surface area contributed by atoms with Crippen molar-refractivity contribution in [1.29, 1.82) is 0 Å². The number of benzene rings is 1. The van der Waals surface area contributed by atoms with Crippen LogP contribution in [-0.2, 0) is 0 Å². The molecule has 0 aromatic heterocycles. The van der Waals surface area contributed by atoms with E-state index in [0.29, 0.717) is 6.10 Å². The van der Waals surface area contributed by atoms with Crippen molar-refractivity contribution < 1.29 is 4.74 Å². The molecule has 16 heavy (non-hydrogen) atoms. The molecule has 0 amide bonds. The maximum atomic E-state index is 5.96. The molecule has 0 saturated heterocycles. The number of hydrogen-bond acceptors (Lipinski definition) is 2. The van der Waals surface area contributed by atoms with E-state index in [9.17, 15) is 0 Å². The third kappa shape index (κ3) is 3.53. The number of hydrogen-bond donors (Lipinski definition) is 1. The zero-order valence-electron chi connectivity index (χ0n) is 10.6. The highest BCUT2D eigenvalue weighted by Crippen LogP contribution is 2.20. The fourth-order valence-electron chi connectivity index (χ4n) is 1.68. The van der Waals surface area contributed by atoms with E-state index in [-0.39, 0.29) is 6.04 Å². The lowest BCUT2D eigenvalue weighted by Crippen LogP contribution is -2.14. The standard InChI is InChI=1S/C14H23NO/c1-4-12(5-2)16-13-9-7-11(8-10-13)14(15)6-3/h7-10,12,14H,4-6,15H2,1-3H3/t14-/m0/s1. The van der Waals surface area contributed by atoms with Crippen LogP contribution in [0.15, 0.2) is 24.3 Å². The van der Waals surface area contributed by atoms with Gasteiger partial charge in [-0.05, 0) is 37.0 Å². The fraction of sp³-hybridized carbons (Fsp3) is 0.571. The third-order valence-corrected chi connectivity index (χ3v) is 2.96. The van der Waals surface area contributed by atoms with Crippen molar-refractivity contribution in [2.45, 2.75) is 52.2 Å². The summed E-state index contributed by atoms with van der Waals surface area (Å²) in [6, 6.07) is 8.30. The molecule has 0 unspecified atom stereocenters. The molecule has 1 rings (SSSR count). The summed E-state index contributed by atoms with van der Waals surface area (Å²) in [5, 5.41) is 0. The lowest BCUT2D eigenvalue weighted by Gasteiger charge is -2.16. The first-order valence-electron chi connectivity index (χ1n) is 6.23. The predicted octanol–water partition coefficient (Wildman–Crippen LogP) is 3.66. The van der Waals surface area contributed by atoms with Crippen molar-refractivity contribution in [2.24, 2.45) is 5.73 Å². The van der Waals surface area contributed by atoms with E-state index in [1.165, 1.54) is 5.56 Å². The van der Waals surface area contributed by atoms with Crippen LogP contribution in [0.3, 0.4) is 0 Å². The Morgan fingerprint density at radius 2 is 1.56 bits per heavy atom. The highest BCUT2D eigenvalue weighted by molar-refractivity contribution is 5.29. The summed E-state index contributed by atoms with van der Waals surface area (Å²) < 4.78 is 5.84. The van der Waals surface area contributed by atoms with Crippen molar-refractivity contribution in [3.8, 4) is 5.75 Å². The van der Waals surface area contributed by atoms with Crippen LogP contribution in [0.5, 0.6) is 5.75 Å². The molecular formula is C14H23NO. The Hall–Kier alpha value is -1.02. The van der Waals surface area contributed by atoms with Crippen LogP contribution < -0.4 is 10.5 Å². The normalized spacial score (nSPS) is 12.8. The van der Waals surface area contributed by atoms with Gasteiger partial charge >= 0.3 is 0 Å². The first-order valence-corrected chi connectivity index (χ1v) is 6.23. The molecule has 0 saturated carbocycles. The second-order valence-corrected chi connectivity index (χ2v) is 4.14. The third-order valence-electron chi connectivity index (χ3n) is 2.96. The SMILES string of the molecule is CCC(CC)Oc1ccc([C@@H](N)CC)cc1. The van der Waals surface area contributed by atoms with Gasteiger partial charge in [-0.15, -0.1) is 0 Å². The molecule has 90 valence electrons. The molecule has 0 aliphatic rings.